The van der Waals surface area contributed by atoms with Crippen LogP contribution in [0.4, 0.5) is 0 Å². The molecule has 0 heterocycles. The van der Waals surface area contributed by atoms with Crippen LogP contribution in [0.5, 0.6) is 0 Å². The van der Waals surface area contributed by atoms with Crippen LogP contribution in [-0.4, -0.2) is 30.7 Å². The molecule has 0 rings (SSSR count). The Hall–Kier alpha value is 0.540. The summed E-state index contributed by atoms with van der Waals surface area (Å²) in [4.78, 5) is 0. The third-order valence-electron chi connectivity index (χ3n) is 2.68. The first-order valence-corrected chi connectivity index (χ1v) is 4.09. The van der Waals surface area contributed by atoms with E-state index in [1.54, 1.807) is 0 Å². The lowest BCUT2D eigenvalue weighted by atomic mass is 10.3. The summed E-state index contributed by atoms with van der Waals surface area (Å²) in [5.41, 5.74) is 0. The van der Waals surface area contributed by atoms with Crippen molar-refractivity contribution in [1.82, 2.24) is 0 Å². The van der Waals surface area contributed by atoms with Crippen LogP contribution in [0, 0.1) is 0 Å². The maximum atomic E-state index is 2.27. The first-order chi connectivity index (χ1) is 4.24. The Labute approximate surface area is 83.6 Å². The highest BCUT2D eigenvalue weighted by atomic mass is 35.5. The number of quaternary nitrogens is 1. The van der Waals surface area contributed by atoms with E-state index in [-0.39, 0.29) is 24.8 Å². The number of rotatable bonds is 4. The maximum absolute atomic E-state index is 2.27. The predicted octanol–water partition coefficient (Wildman–Crippen LogP) is -0.691. The van der Waals surface area contributed by atoms with Gasteiger partial charge in [0.2, 0.25) is 0 Å². The normalized spacial score (nSPS) is 9.82. The summed E-state index contributed by atoms with van der Waals surface area (Å²) in [5, 5.41) is 0. The van der Waals surface area contributed by atoms with Crippen molar-refractivity contribution in [3.05, 3.63) is 0 Å². The molecule has 0 aliphatic carbocycles. The van der Waals surface area contributed by atoms with Gasteiger partial charge in [0.15, 0.2) is 0 Å². The summed E-state index contributed by atoms with van der Waals surface area (Å²) in [7, 11) is 0. The summed E-state index contributed by atoms with van der Waals surface area (Å²) in [6.07, 6.45) is 0. The molecular formula is C8H21Cl2N. The Morgan fingerprint density at radius 3 is 0.909 bits per heavy atom. The van der Waals surface area contributed by atoms with E-state index in [1.807, 2.05) is 0 Å². The molecule has 0 aliphatic heterocycles. The average Bonchev–Trinajstić information content (AvgIpc) is 1.95. The monoisotopic (exact) mass is 201 g/mol. The largest absolute Gasteiger partial charge is 1.00 e. The quantitative estimate of drug-likeness (QED) is 0.529. The van der Waals surface area contributed by atoms with Crippen molar-refractivity contribution < 1.29 is 16.9 Å². The summed E-state index contributed by atoms with van der Waals surface area (Å²) in [6.45, 7) is 14.2. The zero-order chi connectivity index (χ0) is 7.33. The van der Waals surface area contributed by atoms with Gasteiger partial charge in [0.25, 0.3) is 0 Å². The van der Waals surface area contributed by atoms with Gasteiger partial charge < -0.3 is 16.9 Å². The van der Waals surface area contributed by atoms with Crippen molar-refractivity contribution in [3.8, 4) is 0 Å². The van der Waals surface area contributed by atoms with E-state index in [0.717, 1.165) is 0 Å². The SMILES string of the molecule is CC[N+](CC)(CC)CC.Cl.[Cl-]. The maximum Gasteiger partial charge on any atom is 0.0757 e. The molecule has 72 valence electrons. The van der Waals surface area contributed by atoms with Crippen LogP contribution >= 0.6 is 12.4 Å². The van der Waals surface area contributed by atoms with Gasteiger partial charge in [0.1, 0.15) is 0 Å². The summed E-state index contributed by atoms with van der Waals surface area (Å²) in [6, 6.07) is 0. The molecule has 0 fully saturated rings. The second-order valence-electron chi connectivity index (χ2n) is 2.61. The lowest BCUT2D eigenvalue weighted by Gasteiger charge is -2.34. The summed E-state index contributed by atoms with van der Waals surface area (Å²) in [5.74, 6) is 0. The molecule has 0 saturated heterocycles. The van der Waals surface area contributed by atoms with Crippen molar-refractivity contribution in [2.24, 2.45) is 0 Å². The van der Waals surface area contributed by atoms with Gasteiger partial charge in [-0.2, -0.15) is 0 Å². The Balaban J connectivity index is -0.000000320. The van der Waals surface area contributed by atoms with Crippen molar-refractivity contribution in [2.75, 3.05) is 26.2 Å². The topological polar surface area (TPSA) is 0 Å². The van der Waals surface area contributed by atoms with Crippen LogP contribution < -0.4 is 12.4 Å². The number of nitrogens with zero attached hydrogens (tertiary/aromatic N) is 1. The van der Waals surface area contributed by atoms with Gasteiger partial charge in [-0.25, -0.2) is 0 Å². The highest BCUT2D eigenvalue weighted by Crippen LogP contribution is 2.03. The first kappa shape index (κ1) is 17.6. The van der Waals surface area contributed by atoms with Gasteiger partial charge in [-0.1, -0.05) is 0 Å². The molecule has 0 unspecified atom stereocenters. The summed E-state index contributed by atoms with van der Waals surface area (Å²) < 4.78 is 1.28. The lowest BCUT2D eigenvalue weighted by molar-refractivity contribution is -0.921. The molecule has 11 heavy (non-hydrogen) atoms. The Morgan fingerprint density at radius 2 is 0.909 bits per heavy atom. The fourth-order valence-corrected chi connectivity index (χ4v) is 1.34. The molecule has 0 aromatic carbocycles. The van der Waals surface area contributed by atoms with Crippen molar-refractivity contribution in [2.45, 2.75) is 27.7 Å². The van der Waals surface area contributed by atoms with E-state index < -0.39 is 0 Å². The van der Waals surface area contributed by atoms with Crippen molar-refractivity contribution in [3.63, 3.8) is 0 Å². The van der Waals surface area contributed by atoms with Crippen LogP contribution in [0.2, 0.25) is 0 Å². The van der Waals surface area contributed by atoms with Crippen LogP contribution in [-0.2, 0) is 0 Å². The van der Waals surface area contributed by atoms with Crippen LogP contribution in [0.25, 0.3) is 0 Å². The third-order valence-corrected chi connectivity index (χ3v) is 2.68. The molecule has 0 spiro atoms. The highest BCUT2D eigenvalue weighted by molar-refractivity contribution is 5.85. The Bertz CT molecular complexity index is 55.0. The average molecular weight is 202 g/mol. The number of hydrogen-bond acceptors (Lipinski definition) is 0. The molecule has 1 nitrogen and oxygen atoms in total. The molecule has 0 N–H and O–H groups in total. The smallest absolute Gasteiger partial charge is 0.0757 e. The van der Waals surface area contributed by atoms with Crippen LogP contribution in [0.3, 0.4) is 0 Å². The van der Waals surface area contributed by atoms with E-state index in [1.165, 1.54) is 30.7 Å². The lowest BCUT2D eigenvalue weighted by Crippen LogP contribution is -3.00. The molecule has 0 aromatic rings. The standard InChI is InChI=1S/C8H20N.2ClH/c1-5-9(6-2,7-3)8-4;;/h5-8H2,1-4H3;2*1H/q+1;;/p-1. The van der Waals surface area contributed by atoms with Crippen LogP contribution in [0.1, 0.15) is 27.7 Å². The van der Waals surface area contributed by atoms with Gasteiger partial charge in [0, 0.05) is 0 Å². The van der Waals surface area contributed by atoms with Gasteiger partial charge in [-0.3, -0.25) is 0 Å². The Morgan fingerprint density at radius 1 is 0.727 bits per heavy atom. The van der Waals surface area contributed by atoms with Gasteiger partial charge >= 0.3 is 0 Å². The molecule has 0 bridgehead atoms. The molecular weight excluding hydrogens is 181 g/mol. The second kappa shape index (κ2) is 8.63. The van der Waals surface area contributed by atoms with Gasteiger partial charge in [-0.05, 0) is 27.7 Å². The molecule has 0 amide bonds. The molecule has 0 atom stereocenters. The van der Waals surface area contributed by atoms with E-state index >= 15 is 0 Å². The van der Waals surface area contributed by atoms with Gasteiger partial charge in [0.05, 0.1) is 26.2 Å². The van der Waals surface area contributed by atoms with Gasteiger partial charge in [-0.15, -0.1) is 12.4 Å². The van der Waals surface area contributed by atoms with E-state index in [0.29, 0.717) is 0 Å². The molecule has 3 heteroatoms. The summed E-state index contributed by atoms with van der Waals surface area (Å²) >= 11 is 0. The minimum Gasteiger partial charge on any atom is -1.00 e. The van der Waals surface area contributed by atoms with E-state index in [2.05, 4.69) is 27.7 Å². The highest BCUT2D eigenvalue weighted by Gasteiger charge is 2.16. The first-order valence-electron chi connectivity index (χ1n) is 4.09. The van der Waals surface area contributed by atoms with Crippen LogP contribution in [0.15, 0.2) is 0 Å². The predicted molar refractivity (Wildman–Crippen MR) is 49.7 cm³/mol. The number of hydrogen-bond donors (Lipinski definition) is 0. The zero-order valence-corrected chi connectivity index (χ0v) is 9.63. The second-order valence-corrected chi connectivity index (χ2v) is 2.61. The minimum atomic E-state index is 0. The zero-order valence-electron chi connectivity index (χ0n) is 8.06. The van der Waals surface area contributed by atoms with E-state index in [4.69, 9.17) is 0 Å². The minimum absolute atomic E-state index is 0. The van der Waals surface area contributed by atoms with Crippen molar-refractivity contribution in [1.29, 1.82) is 0 Å². The molecule has 0 saturated carbocycles. The molecule has 0 aromatic heterocycles. The molecule has 0 radical (unpaired) electrons. The molecule has 0 aliphatic rings. The van der Waals surface area contributed by atoms with Crippen molar-refractivity contribution >= 4 is 12.4 Å². The fourth-order valence-electron chi connectivity index (χ4n) is 1.34. The van der Waals surface area contributed by atoms with E-state index in [9.17, 15) is 0 Å². The fraction of sp³-hybridized carbons (Fsp3) is 1.00. The Kier molecular flexibility index (Phi) is 13.8. The number of halogens is 2. The third kappa shape index (κ3) is 4.89.